The molecule has 26 heavy (non-hydrogen) atoms. The lowest BCUT2D eigenvalue weighted by Crippen LogP contribution is -2.46. The lowest BCUT2D eigenvalue weighted by atomic mass is 9.80. The standard InChI is InChI=1S/C23H24N2O/c26-23-22-8-4-3-7-19(22)12-20(24-23)15-25-14-16-9-10-21(25)13-18-6-2-1-5-17(18)11-16/h1-8,12,16,21H,9-11,13-15H2,(H,24,26)/t16-,21-/m1/s1. The van der Waals surface area contributed by atoms with Crippen molar-refractivity contribution in [2.45, 2.75) is 38.3 Å². The average Bonchev–Trinajstić information content (AvgIpc) is 2.63. The lowest BCUT2D eigenvalue weighted by molar-refractivity contribution is 0.0925. The normalized spacial score (nSPS) is 22.8. The van der Waals surface area contributed by atoms with Crippen LogP contribution < -0.4 is 5.56 Å². The highest BCUT2D eigenvalue weighted by Gasteiger charge is 2.31. The first-order chi connectivity index (χ1) is 12.8. The fourth-order valence-corrected chi connectivity index (χ4v) is 4.87. The van der Waals surface area contributed by atoms with Gasteiger partial charge in [0.05, 0.1) is 0 Å². The van der Waals surface area contributed by atoms with Crippen LogP contribution in [0.15, 0.2) is 59.4 Å². The fraction of sp³-hybridized carbons (Fsp3) is 0.348. The van der Waals surface area contributed by atoms with Crippen molar-refractivity contribution in [3.8, 4) is 0 Å². The van der Waals surface area contributed by atoms with Gasteiger partial charge in [-0.15, -0.1) is 0 Å². The lowest BCUT2D eigenvalue weighted by Gasteiger charge is -2.42. The van der Waals surface area contributed by atoms with Crippen molar-refractivity contribution in [3.05, 3.63) is 81.8 Å². The second-order valence-electron chi connectivity index (χ2n) is 7.91. The summed E-state index contributed by atoms with van der Waals surface area (Å²) in [5, 5.41) is 1.81. The van der Waals surface area contributed by atoms with Crippen LogP contribution in [0.25, 0.3) is 10.8 Å². The number of rotatable bonds is 2. The zero-order chi connectivity index (χ0) is 17.5. The molecule has 3 aromatic rings. The number of nitrogens with zero attached hydrogens (tertiary/aromatic N) is 1. The van der Waals surface area contributed by atoms with Gasteiger partial charge in [-0.3, -0.25) is 9.69 Å². The Morgan fingerprint density at radius 2 is 1.73 bits per heavy atom. The largest absolute Gasteiger partial charge is 0.324 e. The zero-order valence-corrected chi connectivity index (χ0v) is 14.9. The monoisotopic (exact) mass is 344 g/mol. The molecule has 0 saturated carbocycles. The molecule has 0 amide bonds. The summed E-state index contributed by atoms with van der Waals surface area (Å²) in [5.41, 5.74) is 4.12. The Labute approximate surface area is 153 Å². The molecule has 0 unspecified atom stereocenters. The van der Waals surface area contributed by atoms with E-state index in [1.165, 1.54) is 24.8 Å². The van der Waals surface area contributed by atoms with E-state index in [0.29, 0.717) is 6.04 Å². The van der Waals surface area contributed by atoms with Crippen LogP contribution in [-0.4, -0.2) is 22.5 Å². The summed E-state index contributed by atoms with van der Waals surface area (Å²) < 4.78 is 0. The molecule has 2 atom stereocenters. The highest BCUT2D eigenvalue weighted by Crippen LogP contribution is 2.32. The van der Waals surface area contributed by atoms with E-state index >= 15 is 0 Å². The fourth-order valence-electron chi connectivity index (χ4n) is 4.87. The van der Waals surface area contributed by atoms with Crippen molar-refractivity contribution in [2.24, 2.45) is 5.92 Å². The second-order valence-corrected chi connectivity index (χ2v) is 7.91. The number of hydrogen-bond acceptors (Lipinski definition) is 2. The van der Waals surface area contributed by atoms with Crippen LogP contribution >= 0.6 is 0 Å². The van der Waals surface area contributed by atoms with E-state index in [1.807, 2.05) is 24.3 Å². The Morgan fingerprint density at radius 3 is 2.62 bits per heavy atom. The third kappa shape index (κ3) is 2.86. The van der Waals surface area contributed by atoms with E-state index in [-0.39, 0.29) is 5.56 Å². The van der Waals surface area contributed by atoms with Crippen molar-refractivity contribution >= 4 is 10.8 Å². The minimum Gasteiger partial charge on any atom is -0.324 e. The number of H-pyrrole nitrogens is 1. The number of aromatic amines is 1. The Balaban J connectivity index is 1.45. The number of benzene rings is 2. The molecule has 2 aromatic carbocycles. The van der Waals surface area contributed by atoms with Gasteiger partial charge in [0.1, 0.15) is 0 Å². The molecule has 1 N–H and O–H groups in total. The predicted molar refractivity (Wildman–Crippen MR) is 105 cm³/mol. The predicted octanol–water partition coefficient (Wildman–Crippen LogP) is 3.91. The molecule has 3 aliphatic rings. The molecule has 3 heteroatoms. The minimum absolute atomic E-state index is 0.0284. The van der Waals surface area contributed by atoms with Gasteiger partial charge in [0, 0.05) is 30.2 Å². The summed E-state index contributed by atoms with van der Waals surface area (Å²) in [6.45, 7) is 1.97. The summed E-state index contributed by atoms with van der Waals surface area (Å²) in [6, 6.07) is 19.5. The van der Waals surface area contributed by atoms with Gasteiger partial charge in [-0.25, -0.2) is 0 Å². The molecule has 3 nitrogen and oxygen atoms in total. The van der Waals surface area contributed by atoms with Crippen LogP contribution in [0.4, 0.5) is 0 Å². The van der Waals surface area contributed by atoms with E-state index in [1.54, 1.807) is 5.56 Å². The zero-order valence-electron chi connectivity index (χ0n) is 14.9. The molecule has 1 aromatic heterocycles. The molecule has 1 saturated heterocycles. The van der Waals surface area contributed by atoms with Gasteiger partial charge in [0.15, 0.2) is 0 Å². The molecule has 3 heterocycles. The van der Waals surface area contributed by atoms with Gasteiger partial charge in [-0.05, 0) is 60.2 Å². The molecule has 1 fully saturated rings. The molecule has 132 valence electrons. The Bertz CT molecular complexity index is 1010. The summed E-state index contributed by atoms with van der Waals surface area (Å²) >= 11 is 0. The van der Waals surface area contributed by atoms with Gasteiger partial charge in [-0.1, -0.05) is 42.5 Å². The molecule has 2 bridgehead atoms. The quantitative estimate of drug-likeness (QED) is 0.765. The Morgan fingerprint density at radius 1 is 0.962 bits per heavy atom. The van der Waals surface area contributed by atoms with Crippen LogP contribution in [0.2, 0.25) is 0 Å². The number of nitrogens with one attached hydrogen (secondary N) is 1. The highest BCUT2D eigenvalue weighted by atomic mass is 16.1. The van der Waals surface area contributed by atoms with Crippen LogP contribution in [0.5, 0.6) is 0 Å². The van der Waals surface area contributed by atoms with Crippen molar-refractivity contribution in [2.75, 3.05) is 6.54 Å². The van der Waals surface area contributed by atoms with Gasteiger partial charge < -0.3 is 4.98 Å². The molecular weight excluding hydrogens is 320 g/mol. The maximum absolute atomic E-state index is 12.4. The first kappa shape index (κ1) is 15.8. The third-order valence-electron chi connectivity index (χ3n) is 6.18. The summed E-state index contributed by atoms with van der Waals surface area (Å²) in [5.74, 6) is 0.722. The van der Waals surface area contributed by atoms with Crippen molar-refractivity contribution in [3.63, 3.8) is 0 Å². The van der Waals surface area contributed by atoms with Gasteiger partial charge in [-0.2, -0.15) is 0 Å². The van der Waals surface area contributed by atoms with Gasteiger partial charge in [0.25, 0.3) is 5.56 Å². The molecule has 0 radical (unpaired) electrons. The maximum Gasteiger partial charge on any atom is 0.256 e. The molecule has 6 rings (SSSR count). The first-order valence-corrected chi connectivity index (χ1v) is 9.68. The number of aromatic nitrogens is 1. The number of hydrogen-bond donors (Lipinski definition) is 1. The molecule has 2 aliphatic heterocycles. The minimum atomic E-state index is 0.0284. The van der Waals surface area contributed by atoms with E-state index in [4.69, 9.17) is 0 Å². The van der Waals surface area contributed by atoms with Crippen LogP contribution in [0.3, 0.4) is 0 Å². The van der Waals surface area contributed by atoms with E-state index < -0.39 is 0 Å². The van der Waals surface area contributed by atoms with E-state index in [9.17, 15) is 4.79 Å². The van der Waals surface area contributed by atoms with Crippen molar-refractivity contribution in [1.29, 1.82) is 0 Å². The van der Waals surface area contributed by atoms with Crippen LogP contribution in [0.1, 0.15) is 29.7 Å². The van der Waals surface area contributed by atoms with Crippen molar-refractivity contribution in [1.82, 2.24) is 9.88 Å². The Kier molecular flexibility index (Phi) is 3.90. The van der Waals surface area contributed by atoms with E-state index in [0.717, 1.165) is 41.9 Å². The molecule has 1 aliphatic carbocycles. The smallest absolute Gasteiger partial charge is 0.256 e. The van der Waals surface area contributed by atoms with Crippen LogP contribution in [-0.2, 0) is 19.4 Å². The number of pyridine rings is 1. The number of piperidine rings is 1. The number of fused-ring (bicyclic) bond motifs is 3. The SMILES string of the molecule is O=c1[nH]c(CN2C[C@@H]3CC[C@@H]2Cc2ccccc2C3)cc2ccccc12. The van der Waals surface area contributed by atoms with E-state index in [2.05, 4.69) is 40.2 Å². The highest BCUT2D eigenvalue weighted by molar-refractivity contribution is 5.81. The first-order valence-electron chi connectivity index (χ1n) is 9.68. The summed E-state index contributed by atoms with van der Waals surface area (Å²) in [7, 11) is 0. The molecular formula is C23H24N2O. The van der Waals surface area contributed by atoms with Gasteiger partial charge in [0.2, 0.25) is 0 Å². The summed E-state index contributed by atoms with van der Waals surface area (Å²) in [4.78, 5) is 18.1. The Hall–Kier alpha value is -2.39. The maximum atomic E-state index is 12.4. The summed E-state index contributed by atoms with van der Waals surface area (Å²) in [6.07, 6.45) is 4.90. The third-order valence-corrected chi connectivity index (χ3v) is 6.18. The van der Waals surface area contributed by atoms with Crippen LogP contribution in [0, 0.1) is 5.92 Å². The van der Waals surface area contributed by atoms with Crippen molar-refractivity contribution < 1.29 is 0 Å². The molecule has 0 spiro atoms. The van der Waals surface area contributed by atoms with Gasteiger partial charge >= 0.3 is 0 Å². The second kappa shape index (κ2) is 6.40. The topological polar surface area (TPSA) is 36.1 Å². The average molecular weight is 344 g/mol.